The van der Waals surface area contributed by atoms with E-state index < -0.39 is 5.60 Å². The van der Waals surface area contributed by atoms with Crippen LogP contribution < -0.4 is 10.2 Å². The van der Waals surface area contributed by atoms with Crippen LogP contribution in [0.2, 0.25) is 5.02 Å². The van der Waals surface area contributed by atoms with Gasteiger partial charge in [0.15, 0.2) is 0 Å². The summed E-state index contributed by atoms with van der Waals surface area (Å²) in [7, 11) is 0. The zero-order chi connectivity index (χ0) is 25.7. The summed E-state index contributed by atoms with van der Waals surface area (Å²) < 4.78 is 10.8. The lowest BCUT2D eigenvalue weighted by molar-refractivity contribution is -0.115. The highest BCUT2D eigenvalue weighted by molar-refractivity contribution is 6.33. The number of aromatic nitrogens is 2. The molecular weight excluding hydrogens is 482 g/mol. The number of nitrogens with one attached hydrogen (secondary N) is 1. The summed E-state index contributed by atoms with van der Waals surface area (Å²) >= 11 is 6.33. The topological polar surface area (TPSA) is 96.9 Å². The van der Waals surface area contributed by atoms with E-state index in [1.165, 1.54) is 0 Å². The monoisotopic (exact) mass is 513 g/mol. The molecule has 4 rings (SSSR count). The van der Waals surface area contributed by atoms with E-state index in [1.54, 1.807) is 23.4 Å². The van der Waals surface area contributed by atoms with Gasteiger partial charge in [-0.05, 0) is 44.4 Å². The zero-order valence-electron chi connectivity index (χ0n) is 20.9. The Balaban J connectivity index is 1.32. The molecule has 0 unspecified atom stereocenters. The number of carbonyl (C=O) groups excluding carboxylic acids is 2. The Labute approximate surface area is 216 Å². The van der Waals surface area contributed by atoms with Gasteiger partial charge in [0.2, 0.25) is 5.91 Å². The van der Waals surface area contributed by atoms with Gasteiger partial charge in [0.1, 0.15) is 11.4 Å². The summed E-state index contributed by atoms with van der Waals surface area (Å²) in [5, 5.41) is 3.39. The number of halogens is 1. The van der Waals surface area contributed by atoms with Crippen molar-refractivity contribution in [2.45, 2.75) is 39.2 Å². The molecule has 2 aromatic heterocycles. The molecule has 0 radical (unpaired) electrons. The lowest BCUT2D eigenvalue weighted by atomic mass is 10.0. The summed E-state index contributed by atoms with van der Waals surface area (Å²) in [6.07, 6.45) is 5.83. The Morgan fingerprint density at radius 2 is 1.92 bits per heavy atom. The Morgan fingerprint density at radius 1 is 1.14 bits per heavy atom. The van der Waals surface area contributed by atoms with E-state index in [9.17, 15) is 9.59 Å². The first-order valence-electron chi connectivity index (χ1n) is 12.1. The molecule has 1 fully saturated rings. The summed E-state index contributed by atoms with van der Waals surface area (Å²) in [6.45, 7) is 9.40. The summed E-state index contributed by atoms with van der Waals surface area (Å²) in [5.41, 5.74) is 3.04. The smallest absolute Gasteiger partial charge is 0.410 e. The lowest BCUT2D eigenvalue weighted by Crippen LogP contribution is -2.39. The lowest BCUT2D eigenvalue weighted by Gasteiger charge is -2.29. The van der Waals surface area contributed by atoms with Gasteiger partial charge in [-0.15, -0.1) is 0 Å². The van der Waals surface area contributed by atoms with Crippen molar-refractivity contribution in [3.8, 4) is 0 Å². The molecule has 2 aliphatic heterocycles. The van der Waals surface area contributed by atoms with Crippen LogP contribution in [0.15, 0.2) is 36.7 Å². The van der Waals surface area contributed by atoms with Crippen LogP contribution in [0.25, 0.3) is 5.57 Å². The van der Waals surface area contributed by atoms with Crippen molar-refractivity contribution >= 4 is 40.7 Å². The third-order valence-corrected chi connectivity index (χ3v) is 6.12. The zero-order valence-corrected chi connectivity index (χ0v) is 21.7. The molecule has 0 bridgehead atoms. The van der Waals surface area contributed by atoms with Crippen molar-refractivity contribution in [3.63, 3.8) is 0 Å². The molecule has 192 valence electrons. The predicted molar refractivity (Wildman–Crippen MR) is 139 cm³/mol. The van der Waals surface area contributed by atoms with Crippen molar-refractivity contribution in [3.05, 3.63) is 52.9 Å². The maximum absolute atomic E-state index is 12.6. The average molecular weight is 514 g/mol. The maximum atomic E-state index is 12.6. The highest BCUT2D eigenvalue weighted by atomic mass is 35.5. The van der Waals surface area contributed by atoms with Crippen molar-refractivity contribution in [1.82, 2.24) is 14.9 Å². The van der Waals surface area contributed by atoms with Gasteiger partial charge in [-0.3, -0.25) is 9.78 Å². The number of pyridine rings is 2. The second-order valence-electron chi connectivity index (χ2n) is 9.80. The Bertz CT molecular complexity index is 1120. The van der Waals surface area contributed by atoms with Crippen LogP contribution in [-0.4, -0.2) is 71.9 Å². The van der Waals surface area contributed by atoms with E-state index in [0.29, 0.717) is 43.6 Å². The van der Waals surface area contributed by atoms with Crippen LogP contribution in [0.1, 0.15) is 38.4 Å². The third kappa shape index (κ3) is 6.95. The number of nitrogens with zero attached hydrogens (tertiary/aromatic N) is 4. The van der Waals surface area contributed by atoms with E-state index in [1.807, 2.05) is 39.0 Å². The minimum atomic E-state index is -0.514. The molecule has 10 heteroatoms. The molecule has 0 spiro atoms. The summed E-state index contributed by atoms with van der Waals surface area (Å²) in [6, 6.07) is 5.61. The van der Waals surface area contributed by atoms with Crippen LogP contribution in [0.5, 0.6) is 0 Å². The molecule has 2 aliphatic rings. The molecule has 4 heterocycles. The molecule has 0 aromatic carbocycles. The molecule has 1 N–H and O–H groups in total. The van der Waals surface area contributed by atoms with Crippen LogP contribution in [0.3, 0.4) is 0 Å². The van der Waals surface area contributed by atoms with Gasteiger partial charge in [0.05, 0.1) is 42.2 Å². The fourth-order valence-electron chi connectivity index (χ4n) is 4.03. The van der Waals surface area contributed by atoms with E-state index >= 15 is 0 Å². The van der Waals surface area contributed by atoms with E-state index in [0.717, 1.165) is 35.6 Å². The molecule has 2 amide bonds. The average Bonchev–Trinajstić information content (AvgIpc) is 2.85. The molecule has 0 atom stereocenters. The van der Waals surface area contributed by atoms with Gasteiger partial charge in [-0.2, -0.15) is 0 Å². The van der Waals surface area contributed by atoms with Gasteiger partial charge in [0, 0.05) is 38.4 Å². The second kappa shape index (κ2) is 11.3. The predicted octanol–water partition coefficient (Wildman–Crippen LogP) is 4.17. The fraction of sp³-hybridized carbons (Fsp3) is 0.462. The summed E-state index contributed by atoms with van der Waals surface area (Å²) in [5.74, 6) is 0.273. The first-order chi connectivity index (χ1) is 17.2. The van der Waals surface area contributed by atoms with Gasteiger partial charge >= 0.3 is 6.09 Å². The molecule has 36 heavy (non-hydrogen) atoms. The van der Waals surface area contributed by atoms with Crippen molar-refractivity contribution in [2.75, 3.05) is 49.6 Å². The number of carbonyl (C=O) groups is 2. The van der Waals surface area contributed by atoms with Crippen molar-refractivity contribution < 1.29 is 19.1 Å². The normalized spacial score (nSPS) is 16.4. The van der Waals surface area contributed by atoms with Crippen LogP contribution in [-0.2, 0) is 20.7 Å². The van der Waals surface area contributed by atoms with Gasteiger partial charge < -0.3 is 24.6 Å². The molecular formula is C26H32ClN5O4. The molecule has 0 aliphatic carbocycles. The summed E-state index contributed by atoms with van der Waals surface area (Å²) in [4.78, 5) is 37.5. The van der Waals surface area contributed by atoms with Crippen LogP contribution >= 0.6 is 11.6 Å². The molecule has 1 saturated heterocycles. The van der Waals surface area contributed by atoms with Crippen molar-refractivity contribution in [1.29, 1.82) is 0 Å². The number of morpholine rings is 1. The number of amides is 2. The highest BCUT2D eigenvalue weighted by Gasteiger charge is 2.24. The van der Waals surface area contributed by atoms with E-state index in [-0.39, 0.29) is 18.4 Å². The minimum Gasteiger partial charge on any atom is -0.444 e. The molecule has 2 aromatic rings. The largest absolute Gasteiger partial charge is 0.444 e. The fourth-order valence-corrected chi connectivity index (χ4v) is 4.25. The third-order valence-electron chi connectivity index (χ3n) is 5.83. The Kier molecular flexibility index (Phi) is 8.11. The van der Waals surface area contributed by atoms with Crippen molar-refractivity contribution in [2.24, 2.45) is 0 Å². The van der Waals surface area contributed by atoms with E-state index in [4.69, 9.17) is 21.1 Å². The van der Waals surface area contributed by atoms with Crippen LogP contribution in [0, 0.1) is 0 Å². The maximum Gasteiger partial charge on any atom is 0.410 e. The number of ether oxygens (including phenoxy) is 2. The number of anilines is 2. The van der Waals surface area contributed by atoms with Gasteiger partial charge in [-0.1, -0.05) is 23.7 Å². The quantitative estimate of drug-likeness (QED) is 0.640. The number of hydrogen-bond acceptors (Lipinski definition) is 7. The number of hydrogen-bond donors (Lipinski definition) is 1. The Hall–Kier alpha value is -3.17. The SMILES string of the molecule is CC(C)(C)OC(=O)N1CC=C(c2ccc(CC(=O)Nc3cc(N4CCOCC4)c(Cl)cn3)cn2)CC1. The first kappa shape index (κ1) is 25.9. The van der Waals surface area contributed by atoms with E-state index in [2.05, 4.69) is 20.2 Å². The standard InChI is InChI=1S/C26H32ClN5O4/c1-26(2,3)36-25(34)32-8-6-19(7-9-32)21-5-4-18(16-28-21)14-24(33)30-23-15-22(20(27)17-29-23)31-10-12-35-13-11-31/h4-6,15-17H,7-14H2,1-3H3,(H,29,30,33). The highest BCUT2D eigenvalue weighted by Crippen LogP contribution is 2.28. The van der Waals surface area contributed by atoms with Crippen LogP contribution in [0.4, 0.5) is 16.3 Å². The Morgan fingerprint density at radius 3 is 2.56 bits per heavy atom. The number of rotatable bonds is 5. The second-order valence-corrected chi connectivity index (χ2v) is 10.2. The molecule has 0 saturated carbocycles. The first-order valence-corrected chi connectivity index (χ1v) is 12.5. The molecule has 9 nitrogen and oxygen atoms in total. The van der Waals surface area contributed by atoms with Gasteiger partial charge in [-0.25, -0.2) is 9.78 Å². The minimum absolute atomic E-state index is 0.177. The van der Waals surface area contributed by atoms with Gasteiger partial charge in [0.25, 0.3) is 0 Å².